The summed E-state index contributed by atoms with van der Waals surface area (Å²) in [6.07, 6.45) is 0. The van der Waals surface area contributed by atoms with Gasteiger partial charge in [0.25, 0.3) is 0 Å². The molecule has 0 saturated heterocycles. The van der Waals surface area contributed by atoms with Gasteiger partial charge < -0.3 is 9.84 Å². The van der Waals surface area contributed by atoms with Crippen LogP contribution in [0.25, 0.3) is 0 Å². The zero-order valence-corrected chi connectivity index (χ0v) is 8.15. The highest BCUT2D eigenvalue weighted by Crippen LogP contribution is 2.29. The molecule has 0 spiro atoms. The predicted octanol–water partition coefficient (Wildman–Crippen LogP) is 2.29. The lowest BCUT2D eigenvalue weighted by molar-refractivity contribution is 0.688. The summed E-state index contributed by atoms with van der Waals surface area (Å²) in [4.78, 5) is 0. The van der Waals surface area contributed by atoms with Crippen LogP contribution < -0.4 is 5.73 Å². The Labute approximate surface area is 64.0 Å². The van der Waals surface area contributed by atoms with Gasteiger partial charge in [-0.2, -0.15) is 0 Å². The first-order valence-corrected chi connectivity index (χ1v) is 6.36. The van der Waals surface area contributed by atoms with Crippen molar-refractivity contribution in [3.8, 4) is 0 Å². The van der Waals surface area contributed by atoms with Crippen molar-refractivity contribution in [3.05, 3.63) is 0 Å². The molecule has 2 N–H and O–H groups in total. The summed E-state index contributed by atoms with van der Waals surface area (Å²) in [6, 6.07) is 1.42. The van der Waals surface area contributed by atoms with Gasteiger partial charge in [-0.25, -0.2) is 0 Å². The highest BCUT2D eigenvalue weighted by atomic mass is 28.4. The first kappa shape index (κ1) is 10.1. The van der Waals surface area contributed by atoms with E-state index in [1.54, 1.807) is 0 Å². The summed E-state index contributed by atoms with van der Waals surface area (Å²) in [6.45, 7) is 6.30. The largest absolute Gasteiger partial charge is 0.330 e. The van der Waals surface area contributed by atoms with Gasteiger partial charge in [0.2, 0.25) is 8.41 Å². The standard InChI is InChI=1S/C7H18FNSi/c1-4-10(8,5-2)7(3)6-9/h7H,4-6,9H2,1-3H3. The molecule has 1 atom stereocenters. The number of nitrogens with two attached hydrogens (primary N) is 1. The highest BCUT2D eigenvalue weighted by molar-refractivity contribution is 6.74. The average Bonchev–Trinajstić information content (AvgIpc) is 2.01. The lowest BCUT2D eigenvalue weighted by Crippen LogP contribution is -2.35. The lowest BCUT2D eigenvalue weighted by Gasteiger charge is -2.24. The molecule has 0 saturated carbocycles. The van der Waals surface area contributed by atoms with Crippen molar-refractivity contribution in [3.63, 3.8) is 0 Å². The summed E-state index contributed by atoms with van der Waals surface area (Å²) in [5.41, 5.74) is 5.53. The van der Waals surface area contributed by atoms with Crippen molar-refractivity contribution in [2.45, 2.75) is 38.4 Å². The van der Waals surface area contributed by atoms with E-state index in [0.717, 1.165) is 0 Å². The fraction of sp³-hybridized carbons (Fsp3) is 1.00. The van der Waals surface area contributed by atoms with Gasteiger partial charge >= 0.3 is 0 Å². The Morgan fingerprint density at radius 2 is 1.80 bits per heavy atom. The predicted molar refractivity (Wildman–Crippen MR) is 46.3 cm³/mol. The van der Waals surface area contributed by atoms with Crippen LogP contribution in [0.2, 0.25) is 17.6 Å². The van der Waals surface area contributed by atoms with Gasteiger partial charge in [-0.15, -0.1) is 0 Å². The molecule has 0 radical (unpaired) electrons. The summed E-state index contributed by atoms with van der Waals surface area (Å²) < 4.78 is 13.7. The molecule has 0 fully saturated rings. The van der Waals surface area contributed by atoms with Crippen LogP contribution in [0, 0.1) is 0 Å². The monoisotopic (exact) mass is 163 g/mol. The number of rotatable bonds is 4. The van der Waals surface area contributed by atoms with Crippen LogP contribution in [0.3, 0.4) is 0 Å². The van der Waals surface area contributed by atoms with E-state index in [0.29, 0.717) is 18.6 Å². The van der Waals surface area contributed by atoms with Crippen LogP contribution in [0.1, 0.15) is 20.8 Å². The van der Waals surface area contributed by atoms with Crippen molar-refractivity contribution >= 4 is 8.41 Å². The molecule has 1 nitrogen and oxygen atoms in total. The van der Waals surface area contributed by atoms with E-state index in [9.17, 15) is 4.11 Å². The average molecular weight is 163 g/mol. The van der Waals surface area contributed by atoms with E-state index < -0.39 is 8.41 Å². The Morgan fingerprint density at radius 3 is 1.90 bits per heavy atom. The van der Waals surface area contributed by atoms with Gasteiger partial charge in [-0.05, 0) is 24.2 Å². The number of halogens is 1. The van der Waals surface area contributed by atoms with Crippen molar-refractivity contribution in [2.75, 3.05) is 6.54 Å². The minimum atomic E-state index is -2.43. The Morgan fingerprint density at radius 1 is 1.40 bits per heavy atom. The highest BCUT2D eigenvalue weighted by Gasteiger charge is 2.35. The van der Waals surface area contributed by atoms with Crippen molar-refractivity contribution in [1.29, 1.82) is 0 Å². The first-order chi connectivity index (χ1) is 4.60. The summed E-state index contributed by atoms with van der Waals surface area (Å²) >= 11 is 0. The molecule has 0 aliphatic rings. The third-order valence-corrected chi connectivity index (χ3v) is 6.77. The number of hydrogen-bond acceptors (Lipinski definition) is 1. The Bertz CT molecular complexity index is 93.6. The maximum Gasteiger partial charge on any atom is 0.250 e. The van der Waals surface area contributed by atoms with E-state index in [2.05, 4.69) is 0 Å². The normalized spacial score (nSPS) is 15.3. The topological polar surface area (TPSA) is 26.0 Å². The Hall–Kier alpha value is 0.107. The molecular weight excluding hydrogens is 145 g/mol. The van der Waals surface area contributed by atoms with E-state index in [1.165, 1.54) is 0 Å². The molecule has 10 heavy (non-hydrogen) atoms. The second kappa shape index (κ2) is 4.08. The first-order valence-electron chi connectivity index (χ1n) is 3.99. The van der Waals surface area contributed by atoms with Crippen LogP contribution in [0.5, 0.6) is 0 Å². The van der Waals surface area contributed by atoms with Gasteiger partial charge in [-0.3, -0.25) is 0 Å². The third-order valence-electron chi connectivity index (χ3n) is 2.41. The van der Waals surface area contributed by atoms with Gasteiger partial charge in [0.1, 0.15) is 0 Å². The molecule has 1 unspecified atom stereocenters. The zero-order chi connectivity index (χ0) is 8.20. The van der Waals surface area contributed by atoms with E-state index in [1.807, 2.05) is 20.8 Å². The van der Waals surface area contributed by atoms with Crippen LogP contribution >= 0.6 is 0 Å². The Balaban J connectivity index is 4.02. The molecule has 0 aliphatic carbocycles. The van der Waals surface area contributed by atoms with Crippen molar-refractivity contribution in [2.24, 2.45) is 5.73 Å². The molecule has 0 bridgehead atoms. The lowest BCUT2D eigenvalue weighted by atomic mass is 10.5. The van der Waals surface area contributed by atoms with Gasteiger partial charge in [0.05, 0.1) is 0 Å². The third kappa shape index (κ3) is 2.06. The molecule has 0 aromatic rings. The van der Waals surface area contributed by atoms with Crippen molar-refractivity contribution < 1.29 is 4.11 Å². The SMILES string of the molecule is CC[Si](F)(CC)C(C)CN. The maximum atomic E-state index is 13.7. The van der Waals surface area contributed by atoms with Crippen LogP contribution in [0.15, 0.2) is 0 Å². The minimum absolute atomic E-state index is 0.127. The molecule has 0 rings (SSSR count). The summed E-state index contributed by atoms with van der Waals surface area (Å²) in [5, 5.41) is 0. The molecule has 3 heteroatoms. The minimum Gasteiger partial charge on any atom is -0.330 e. The quantitative estimate of drug-likeness (QED) is 0.499. The molecular formula is C7H18FNSi. The van der Waals surface area contributed by atoms with Gasteiger partial charge in [0, 0.05) is 0 Å². The maximum absolute atomic E-state index is 13.7. The smallest absolute Gasteiger partial charge is 0.250 e. The molecule has 0 aromatic heterocycles. The molecule has 0 heterocycles. The fourth-order valence-electron chi connectivity index (χ4n) is 1.16. The summed E-state index contributed by atoms with van der Waals surface area (Å²) in [7, 11) is -2.43. The van der Waals surface area contributed by atoms with E-state index in [-0.39, 0.29) is 5.54 Å². The molecule has 0 aromatic carbocycles. The Kier molecular flexibility index (Phi) is 4.13. The molecule has 0 amide bonds. The van der Waals surface area contributed by atoms with E-state index >= 15 is 0 Å². The molecule has 62 valence electrons. The van der Waals surface area contributed by atoms with Crippen LogP contribution in [0.4, 0.5) is 4.11 Å². The molecule has 0 aliphatic heterocycles. The number of hydrogen-bond donors (Lipinski definition) is 1. The second-order valence-electron chi connectivity index (χ2n) is 2.88. The summed E-state index contributed by atoms with van der Waals surface area (Å²) in [5.74, 6) is 0. The zero-order valence-electron chi connectivity index (χ0n) is 7.15. The second-order valence-corrected chi connectivity index (χ2v) is 7.35. The van der Waals surface area contributed by atoms with Crippen molar-refractivity contribution in [1.82, 2.24) is 0 Å². The fourth-order valence-corrected chi connectivity index (χ4v) is 3.47. The van der Waals surface area contributed by atoms with Crippen LogP contribution in [-0.4, -0.2) is 15.0 Å². The van der Waals surface area contributed by atoms with Gasteiger partial charge in [-0.1, -0.05) is 20.8 Å². The van der Waals surface area contributed by atoms with Gasteiger partial charge in [0.15, 0.2) is 0 Å². The van der Waals surface area contributed by atoms with Crippen LogP contribution in [-0.2, 0) is 0 Å². The van der Waals surface area contributed by atoms with E-state index in [4.69, 9.17) is 5.73 Å².